The van der Waals surface area contributed by atoms with Crippen molar-refractivity contribution in [2.45, 2.75) is 51.0 Å². The molecule has 1 aliphatic heterocycles. The first-order valence-corrected chi connectivity index (χ1v) is 8.04. The second-order valence-electron chi connectivity index (χ2n) is 4.71. The average molecular weight is 287 g/mol. The maximum Gasteiger partial charge on any atom is 0.268 e. The molecule has 0 aromatic heterocycles. The van der Waals surface area contributed by atoms with Crippen LogP contribution in [0.2, 0.25) is 0 Å². The van der Waals surface area contributed by atoms with Crippen molar-refractivity contribution in [3.63, 3.8) is 0 Å². The Morgan fingerprint density at radius 1 is 1.06 bits per heavy atom. The maximum absolute atomic E-state index is 12.1. The smallest absolute Gasteiger partial charge is 0.268 e. The minimum atomic E-state index is -0.148. The van der Waals surface area contributed by atoms with Crippen LogP contribution >= 0.6 is 23.5 Å². The highest BCUT2D eigenvalue weighted by Gasteiger charge is 2.37. The van der Waals surface area contributed by atoms with E-state index in [1.807, 2.05) is 13.8 Å². The second kappa shape index (κ2) is 6.66. The quantitative estimate of drug-likeness (QED) is 0.703. The molecule has 1 unspecified atom stereocenters. The molecule has 5 heteroatoms. The summed E-state index contributed by atoms with van der Waals surface area (Å²) in [7, 11) is 1.56. The lowest BCUT2D eigenvalue weighted by Crippen LogP contribution is -2.26. The van der Waals surface area contributed by atoms with E-state index in [-0.39, 0.29) is 11.8 Å². The molecular weight excluding hydrogens is 266 g/mol. The van der Waals surface area contributed by atoms with Crippen LogP contribution in [-0.2, 0) is 9.59 Å². The van der Waals surface area contributed by atoms with Gasteiger partial charge in [-0.15, -0.1) is 23.5 Å². The number of hydrogen-bond donors (Lipinski definition) is 0. The minimum Gasteiger partial charge on any atom is -0.277 e. The minimum absolute atomic E-state index is 0.142. The van der Waals surface area contributed by atoms with Crippen LogP contribution in [0.25, 0.3) is 0 Å². The molecule has 0 spiro atoms. The van der Waals surface area contributed by atoms with E-state index in [1.165, 1.54) is 16.7 Å². The molecule has 1 rings (SSSR count). The first-order chi connectivity index (χ1) is 8.38. The van der Waals surface area contributed by atoms with Gasteiger partial charge in [0, 0.05) is 17.5 Å². The Hall–Kier alpha value is -0.420. The molecule has 18 heavy (non-hydrogen) atoms. The third-order valence-electron chi connectivity index (χ3n) is 2.57. The van der Waals surface area contributed by atoms with Gasteiger partial charge < -0.3 is 0 Å². The molecule has 3 nitrogen and oxygen atoms in total. The summed E-state index contributed by atoms with van der Waals surface area (Å²) >= 11 is 3.04. The molecule has 2 amide bonds. The monoisotopic (exact) mass is 287 g/mol. The van der Waals surface area contributed by atoms with Gasteiger partial charge >= 0.3 is 0 Å². The zero-order chi connectivity index (χ0) is 13.9. The van der Waals surface area contributed by atoms with Crippen LogP contribution < -0.4 is 0 Å². The van der Waals surface area contributed by atoms with Crippen molar-refractivity contribution in [3.8, 4) is 0 Å². The third-order valence-corrected chi connectivity index (χ3v) is 5.04. The highest BCUT2D eigenvalue weighted by atomic mass is 32.2. The Balaban J connectivity index is 2.94. The van der Waals surface area contributed by atoms with Crippen molar-refractivity contribution in [1.29, 1.82) is 0 Å². The predicted molar refractivity (Wildman–Crippen MR) is 79.5 cm³/mol. The van der Waals surface area contributed by atoms with Crippen LogP contribution in [0.15, 0.2) is 9.81 Å². The van der Waals surface area contributed by atoms with Gasteiger partial charge in [0.05, 0.1) is 9.81 Å². The second-order valence-corrected chi connectivity index (χ2v) is 7.75. The molecule has 1 heterocycles. The number of thioether (sulfide) groups is 2. The first kappa shape index (κ1) is 15.6. The Kier molecular flexibility index (Phi) is 5.79. The van der Waals surface area contributed by atoms with Crippen LogP contribution in [0.5, 0.6) is 0 Å². The van der Waals surface area contributed by atoms with E-state index < -0.39 is 0 Å². The van der Waals surface area contributed by atoms with E-state index in [1.54, 1.807) is 18.8 Å². The van der Waals surface area contributed by atoms with Crippen LogP contribution in [-0.4, -0.2) is 34.3 Å². The Labute approximate surface area is 118 Å². The zero-order valence-corrected chi connectivity index (χ0v) is 13.3. The highest BCUT2D eigenvalue weighted by Crippen LogP contribution is 2.39. The summed E-state index contributed by atoms with van der Waals surface area (Å²) in [4.78, 5) is 26.6. The van der Waals surface area contributed by atoms with Crippen LogP contribution in [0.1, 0.15) is 40.5 Å². The van der Waals surface area contributed by atoms with E-state index in [2.05, 4.69) is 13.8 Å². The molecule has 1 aliphatic rings. The summed E-state index contributed by atoms with van der Waals surface area (Å²) in [5.41, 5.74) is 0. The Morgan fingerprint density at radius 2 is 1.56 bits per heavy atom. The molecule has 0 aromatic rings. The molecule has 0 aliphatic carbocycles. The zero-order valence-electron chi connectivity index (χ0n) is 11.6. The number of carbonyl (C=O) groups is 2. The van der Waals surface area contributed by atoms with Gasteiger partial charge in [0.15, 0.2) is 0 Å². The highest BCUT2D eigenvalue weighted by molar-refractivity contribution is 8.08. The van der Waals surface area contributed by atoms with E-state index in [0.29, 0.717) is 20.3 Å². The van der Waals surface area contributed by atoms with E-state index in [4.69, 9.17) is 0 Å². The van der Waals surface area contributed by atoms with E-state index in [9.17, 15) is 9.59 Å². The number of imide groups is 1. The predicted octanol–water partition coefficient (Wildman–Crippen LogP) is 3.26. The fraction of sp³-hybridized carbons (Fsp3) is 0.692. The van der Waals surface area contributed by atoms with Gasteiger partial charge in [0.2, 0.25) is 0 Å². The Bertz CT molecular complexity index is 377. The lowest BCUT2D eigenvalue weighted by atomic mass is 10.3. The molecule has 0 N–H and O–H groups in total. The van der Waals surface area contributed by atoms with Crippen molar-refractivity contribution in [1.82, 2.24) is 4.90 Å². The standard InChI is InChI=1S/C13H21NO2S2/c1-6-7-9(4)18-11-10(17-8(2)3)12(15)14(5)13(11)16/h8-9H,6-7H2,1-5H3. The number of hydrogen-bond acceptors (Lipinski definition) is 4. The Morgan fingerprint density at radius 3 is 2.00 bits per heavy atom. The molecule has 102 valence electrons. The fourth-order valence-corrected chi connectivity index (χ4v) is 4.08. The lowest BCUT2D eigenvalue weighted by Gasteiger charge is -2.11. The SMILES string of the molecule is CCCC(C)SC1=C(SC(C)C)C(=O)N(C)C1=O. The van der Waals surface area contributed by atoms with Gasteiger partial charge in [-0.1, -0.05) is 34.1 Å². The van der Waals surface area contributed by atoms with E-state index >= 15 is 0 Å². The molecule has 0 saturated carbocycles. The fourth-order valence-electron chi connectivity index (χ4n) is 1.70. The molecule has 0 radical (unpaired) electrons. The van der Waals surface area contributed by atoms with E-state index in [0.717, 1.165) is 12.8 Å². The summed E-state index contributed by atoms with van der Waals surface area (Å²) in [6.45, 7) is 8.30. The number of amides is 2. The summed E-state index contributed by atoms with van der Waals surface area (Å²) < 4.78 is 0. The van der Waals surface area contributed by atoms with Crippen molar-refractivity contribution < 1.29 is 9.59 Å². The van der Waals surface area contributed by atoms with Gasteiger partial charge in [0.25, 0.3) is 11.8 Å². The lowest BCUT2D eigenvalue weighted by molar-refractivity contribution is -0.135. The molecular formula is C13H21NO2S2. The van der Waals surface area contributed by atoms with Crippen LogP contribution in [0, 0.1) is 0 Å². The van der Waals surface area contributed by atoms with Crippen molar-refractivity contribution in [2.24, 2.45) is 0 Å². The van der Waals surface area contributed by atoms with Gasteiger partial charge in [-0.2, -0.15) is 0 Å². The number of nitrogens with zero attached hydrogens (tertiary/aromatic N) is 1. The third kappa shape index (κ3) is 3.54. The summed E-state index contributed by atoms with van der Waals surface area (Å²) in [5, 5.41) is 0.677. The summed E-state index contributed by atoms with van der Waals surface area (Å²) in [5.74, 6) is -0.291. The first-order valence-electron chi connectivity index (χ1n) is 6.28. The van der Waals surface area contributed by atoms with Crippen LogP contribution in [0.4, 0.5) is 0 Å². The number of carbonyl (C=O) groups excluding carboxylic acids is 2. The van der Waals surface area contributed by atoms with Crippen molar-refractivity contribution >= 4 is 35.3 Å². The number of rotatable bonds is 6. The molecule has 0 saturated heterocycles. The van der Waals surface area contributed by atoms with Gasteiger partial charge in [-0.25, -0.2) is 0 Å². The molecule has 0 aromatic carbocycles. The molecule has 0 bridgehead atoms. The normalized spacial score (nSPS) is 18.2. The summed E-state index contributed by atoms with van der Waals surface area (Å²) in [6.07, 6.45) is 2.14. The van der Waals surface area contributed by atoms with Crippen molar-refractivity contribution in [2.75, 3.05) is 7.05 Å². The number of likely N-dealkylation sites (N-methyl/N-ethyl adjacent to an activating group) is 1. The van der Waals surface area contributed by atoms with Gasteiger partial charge in [-0.05, 0) is 6.42 Å². The molecule has 0 fully saturated rings. The van der Waals surface area contributed by atoms with Gasteiger partial charge in [-0.3, -0.25) is 14.5 Å². The van der Waals surface area contributed by atoms with Gasteiger partial charge in [0.1, 0.15) is 0 Å². The molecule has 1 atom stereocenters. The van der Waals surface area contributed by atoms with Crippen LogP contribution in [0.3, 0.4) is 0 Å². The maximum atomic E-state index is 12.1. The largest absolute Gasteiger partial charge is 0.277 e. The summed E-state index contributed by atoms with van der Waals surface area (Å²) in [6, 6.07) is 0. The average Bonchev–Trinajstić information content (AvgIpc) is 2.46. The van der Waals surface area contributed by atoms with Crippen molar-refractivity contribution in [3.05, 3.63) is 9.81 Å². The topological polar surface area (TPSA) is 37.4 Å².